The van der Waals surface area contributed by atoms with Crippen LogP contribution in [-0.2, 0) is 22.7 Å². The van der Waals surface area contributed by atoms with Crippen LogP contribution in [0.1, 0.15) is 56.3 Å². The van der Waals surface area contributed by atoms with Gasteiger partial charge in [0.1, 0.15) is 0 Å². The van der Waals surface area contributed by atoms with Crippen molar-refractivity contribution in [1.29, 1.82) is 0 Å². The molecule has 0 bridgehead atoms. The predicted octanol–water partition coefficient (Wildman–Crippen LogP) is 3.04. The summed E-state index contributed by atoms with van der Waals surface area (Å²) in [6.07, 6.45) is 6.09. The molecule has 0 radical (unpaired) electrons. The predicted molar refractivity (Wildman–Crippen MR) is 88.4 cm³/mol. The molecule has 1 atom stereocenters. The van der Waals surface area contributed by atoms with Crippen molar-refractivity contribution in [2.24, 2.45) is 0 Å². The molecule has 0 amide bonds. The fourth-order valence-corrected chi connectivity index (χ4v) is 3.76. The average Bonchev–Trinajstić information content (AvgIpc) is 2.43. The third-order valence-corrected chi connectivity index (χ3v) is 6.91. The SMILES string of the molecule is CCNC(c1ccc2c(c1)CCCC2)C(C)(C)S(C)(=O)=O. The topological polar surface area (TPSA) is 46.2 Å². The second-order valence-electron chi connectivity index (χ2n) is 6.60. The molecule has 0 heterocycles. The molecule has 0 aromatic heterocycles. The third kappa shape index (κ3) is 3.32. The molecule has 0 saturated carbocycles. The van der Waals surface area contributed by atoms with Crippen molar-refractivity contribution in [2.75, 3.05) is 12.8 Å². The van der Waals surface area contributed by atoms with E-state index in [4.69, 9.17) is 0 Å². The third-order valence-electron chi connectivity index (χ3n) is 4.76. The van der Waals surface area contributed by atoms with E-state index in [-0.39, 0.29) is 6.04 Å². The summed E-state index contributed by atoms with van der Waals surface area (Å²) in [6, 6.07) is 6.33. The molecule has 118 valence electrons. The van der Waals surface area contributed by atoms with Crippen molar-refractivity contribution in [1.82, 2.24) is 5.32 Å². The van der Waals surface area contributed by atoms with Gasteiger partial charge in [0.15, 0.2) is 9.84 Å². The second-order valence-corrected chi connectivity index (χ2v) is 9.20. The number of hydrogen-bond acceptors (Lipinski definition) is 3. The van der Waals surface area contributed by atoms with Crippen LogP contribution < -0.4 is 5.32 Å². The van der Waals surface area contributed by atoms with Crippen LogP contribution in [-0.4, -0.2) is 26.0 Å². The lowest BCUT2D eigenvalue weighted by Gasteiger charge is -2.34. The van der Waals surface area contributed by atoms with Crippen LogP contribution in [0.25, 0.3) is 0 Å². The zero-order valence-electron chi connectivity index (χ0n) is 13.6. The number of rotatable bonds is 5. The highest BCUT2D eigenvalue weighted by atomic mass is 32.2. The first-order chi connectivity index (χ1) is 9.77. The molecule has 1 unspecified atom stereocenters. The smallest absolute Gasteiger partial charge is 0.154 e. The molecule has 1 aromatic carbocycles. The second kappa shape index (κ2) is 6.09. The Morgan fingerprint density at radius 3 is 2.38 bits per heavy atom. The normalized spacial score (nSPS) is 17.3. The van der Waals surface area contributed by atoms with Gasteiger partial charge in [0, 0.05) is 6.26 Å². The van der Waals surface area contributed by atoms with Crippen LogP contribution in [0.3, 0.4) is 0 Å². The maximum absolute atomic E-state index is 12.2. The molecule has 1 aliphatic rings. The van der Waals surface area contributed by atoms with Gasteiger partial charge in [-0.15, -0.1) is 0 Å². The zero-order valence-corrected chi connectivity index (χ0v) is 14.4. The lowest BCUT2D eigenvalue weighted by atomic mass is 9.87. The maximum Gasteiger partial charge on any atom is 0.154 e. The Bertz CT molecular complexity index is 605. The number of sulfone groups is 1. The molecule has 21 heavy (non-hydrogen) atoms. The van der Waals surface area contributed by atoms with Crippen molar-refractivity contribution >= 4 is 9.84 Å². The van der Waals surface area contributed by atoms with Crippen molar-refractivity contribution in [3.05, 3.63) is 34.9 Å². The van der Waals surface area contributed by atoms with Crippen LogP contribution in [0.4, 0.5) is 0 Å². The first-order valence-electron chi connectivity index (χ1n) is 7.82. The van der Waals surface area contributed by atoms with Gasteiger partial charge < -0.3 is 5.32 Å². The number of aryl methyl sites for hydroxylation is 2. The first-order valence-corrected chi connectivity index (χ1v) is 9.71. The van der Waals surface area contributed by atoms with E-state index >= 15 is 0 Å². The largest absolute Gasteiger partial charge is 0.309 e. The molecular formula is C17H27NO2S. The van der Waals surface area contributed by atoms with Gasteiger partial charge >= 0.3 is 0 Å². The Kier molecular flexibility index (Phi) is 4.79. The molecule has 1 aromatic rings. The lowest BCUT2D eigenvalue weighted by Crippen LogP contribution is -2.45. The van der Waals surface area contributed by atoms with Crippen molar-refractivity contribution in [2.45, 2.75) is 57.2 Å². The Morgan fingerprint density at radius 2 is 1.81 bits per heavy atom. The zero-order chi connectivity index (χ0) is 15.7. The quantitative estimate of drug-likeness (QED) is 0.909. The molecule has 1 aliphatic carbocycles. The Labute approximate surface area is 129 Å². The number of hydrogen-bond donors (Lipinski definition) is 1. The van der Waals surface area contributed by atoms with Crippen LogP contribution >= 0.6 is 0 Å². The van der Waals surface area contributed by atoms with Gasteiger partial charge in [-0.05, 0) is 62.8 Å². The molecule has 0 aliphatic heterocycles. The fraction of sp³-hybridized carbons (Fsp3) is 0.647. The average molecular weight is 309 g/mol. The van der Waals surface area contributed by atoms with Crippen LogP contribution in [0, 0.1) is 0 Å². The van der Waals surface area contributed by atoms with Gasteiger partial charge in [-0.1, -0.05) is 25.1 Å². The molecule has 3 nitrogen and oxygen atoms in total. The maximum atomic E-state index is 12.2. The number of benzene rings is 1. The standard InChI is InChI=1S/C17H27NO2S/c1-5-18-16(17(2,3)21(4,19)20)15-11-10-13-8-6-7-9-14(13)12-15/h10-12,16,18H,5-9H2,1-4H3. The first kappa shape index (κ1) is 16.5. The Morgan fingerprint density at radius 1 is 1.19 bits per heavy atom. The van der Waals surface area contributed by atoms with E-state index in [2.05, 4.69) is 23.5 Å². The van der Waals surface area contributed by atoms with Crippen molar-refractivity contribution < 1.29 is 8.42 Å². The Hall–Kier alpha value is -0.870. The minimum atomic E-state index is -3.16. The van der Waals surface area contributed by atoms with Gasteiger partial charge in [-0.2, -0.15) is 0 Å². The van der Waals surface area contributed by atoms with E-state index in [1.54, 1.807) is 0 Å². The highest BCUT2D eigenvalue weighted by Gasteiger charge is 2.39. The highest BCUT2D eigenvalue weighted by Crippen LogP contribution is 2.34. The van der Waals surface area contributed by atoms with Gasteiger partial charge in [0.05, 0.1) is 10.8 Å². The minimum Gasteiger partial charge on any atom is -0.309 e. The summed E-state index contributed by atoms with van der Waals surface area (Å²) in [5.74, 6) is 0. The molecule has 1 N–H and O–H groups in total. The fourth-order valence-electron chi connectivity index (χ4n) is 3.12. The summed E-state index contributed by atoms with van der Waals surface area (Å²) in [6.45, 7) is 6.40. The number of fused-ring (bicyclic) bond motifs is 1. The summed E-state index contributed by atoms with van der Waals surface area (Å²) in [4.78, 5) is 0. The molecular weight excluding hydrogens is 282 g/mol. The van der Waals surface area contributed by atoms with E-state index in [0.717, 1.165) is 24.9 Å². The molecule has 4 heteroatoms. The summed E-state index contributed by atoms with van der Waals surface area (Å²) in [5.41, 5.74) is 3.91. The monoisotopic (exact) mass is 309 g/mol. The van der Waals surface area contributed by atoms with Crippen LogP contribution in [0.5, 0.6) is 0 Å². The van der Waals surface area contributed by atoms with Gasteiger partial charge in [-0.25, -0.2) is 8.42 Å². The van der Waals surface area contributed by atoms with E-state index in [0.29, 0.717) is 0 Å². The molecule has 2 rings (SSSR count). The van der Waals surface area contributed by atoms with E-state index in [1.165, 1.54) is 30.2 Å². The Balaban J connectivity index is 2.43. The highest BCUT2D eigenvalue weighted by molar-refractivity contribution is 7.92. The van der Waals surface area contributed by atoms with E-state index in [9.17, 15) is 8.42 Å². The van der Waals surface area contributed by atoms with Crippen molar-refractivity contribution in [3.63, 3.8) is 0 Å². The van der Waals surface area contributed by atoms with Gasteiger partial charge in [0.2, 0.25) is 0 Å². The van der Waals surface area contributed by atoms with Crippen molar-refractivity contribution in [3.8, 4) is 0 Å². The summed E-state index contributed by atoms with van der Waals surface area (Å²) >= 11 is 0. The van der Waals surface area contributed by atoms with Crippen LogP contribution in [0.2, 0.25) is 0 Å². The summed E-state index contributed by atoms with van der Waals surface area (Å²) in [5, 5.41) is 3.37. The minimum absolute atomic E-state index is 0.176. The number of nitrogens with one attached hydrogen (secondary N) is 1. The van der Waals surface area contributed by atoms with Crippen LogP contribution in [0.15, 0.2) is 18.2 Å². The molecule has 0 spiro atoms. The molecule has 0 saturated heterocycles. The van der Waals surface area contributed by atoms with E-state index in [1.807, 2.05) is 20.8 Å². The summed E-state index contributed by atoms with van der Waals surface area (Å²) in [7, 11) is -3.16. The summed E-state index contributed by atoms with van der Waals surface area (Å²) < 4.78 is 23.6. The molecule has 0 fully saturated rings. The van der Waals surface area contributed by atoms with E-state index < -0.39 is 14.6 Å². The van der Waals surface area contributed by atoms with Gasteiger partial charge in [0.25, 0.3) is 0 Å². The van der Waals surface area contributed by atoms with Gasteiger partial charge in [-0.3, -0.25) is 0 Å². The lowest BCUT2D eigenvalue weighted by molar-refractivity contribution is 0.427.